The van der Waals surface area contributed by atoms with Gasteiger partial charge in [0, 0.05) is 30.1 Å². The number of carbonyl (C=O) groups is 4. The molecule has 0 saturated heterocycles. The van der Waals surface area contributed by atoms with Crippen molar-refractivity contribution in [1.82, 2.24) is 15.1 Å². The van der Waals surface area contributed by atoms with Gasteiger partial charge in [0.2, 0.25) is 11.8 Å². The van der Waals surface area contributed by atoms with Crippen molar-refractivity contribution in [2.45, 2.75) is 58.7 Å². The number of imide groups is 1. The van der Waals surface area contributed by atoms with E-state index in [1.165, 1.54) is 9.80 Å². The summed E-state index contributed by atoms with van der Waals surface area (Å²) in [6.07, 6.45) is 0.363. The topological polar surface area (TPSA) is 86.8 Å². The predicted molar refractivity (Wildman–Crippen MR) is 130 cm³/mol. The Morgan fingerprint density at radius 3 is 2.12 bits per heavy atom. The predicted octanol–water partition coefficient (Wildman–Crippen LogP) is 4.05. The van der Waals surface area contributed by atoms with Crippen LogP contribution in [-0.4, -0.2) is 51.6 Å². The number of carbonyl (C=O) groups excluding carboxylic acids is 4. The third-order valence-electron chi connectivity index (χ3n) is 5.61. The number of hydrogen-bond acceptors (Lipinski definition) is 4. The summed E-state index contributed by atoms with van der Waals surface area (Å²) in [6, 6.07) is 13.1. The summed E-state index contributed by atoms with van der Waals surface area (Å²) in [4.78, 5) is 53.9. The first-order valence-corrected chi connectivity index (χ1v) is 11.7. The summed E-state index contributed by atoms with van der Waals surface area (Å²) in [5.41, 5.74) is 1.04. The van der Waals surface area contributed by atoms with E-state index < -0.39 is 11.6 Å². The number of benzene rings is 2. The molecule has 0 aromatic heterocycles. The Labute approximate surface area is 205 Å². The lowest BCUT2D eigenvalue weighted by molar-refractivity contribution is -0.141. The van der Waals surface area contributed by atoms with Crippen LogP contribution in [0.15, 0.2) is 48.5 Å². The molecule has 8 heteroatoms. The molecule has 0 unspecified atom stereocenters. The number of halogens is 1. The molecule has 1 heterocycles. The highest BCUT2D eigenvalue weighted by molar-refractivity contribution is 6.31. The quantitative estimate of drug-likeness (QED) is 0.574. The molecule has 1 aliphatic rings. The second-order valence-corrected chi connectivity index (χ2v) is 9.85. The van der Waals surface area contributed by atoms with Gasteiger partial charge in [0.15, 0.2) is 0 Å². The Balaban J connectivity index is 1.70. The Morgan fingerprint density at radius 1 is 1.00 bits per heavy atom. The molecule has 2 aromatic rings. The van der Waals surface area contributed by atoms with E-state index in [1.807, 2.05) is 32.9 Å². The van der Waals surface area contributed by atoms with Gasteiger partial charge in [0.1, 0.15) is 6.04 Å². The molecule has 1 aliphatic heterocycles. The molecule has 180 valence electrons. The van der Waals surface area contributed by atoms with Crippen molar-refractivity contribution in [3.8, 4) is 0 Å². The van der Waals surface area contributed by atoms with E-state index in [9.17, 15) is 19.2 Å². The Bertz CT molecular complexity index is 1070. The average Bonchev–Trinajstić information content (AvgIpc) is 3.02. The van der Waals surface area contributed by atoms with Gasteiger partial charge in [0.25, 0.3) is 11.8 Å². The van der Waals surface area contributed by atoms with Crippen LogP contribution in [0.25, 0.3) is 0 Å². The number of rotatable bonds is 8. The van der Waals surface area contributed by atoms with E-state index in [2.05, 4.69) is 5.32 Å². The molecule has 3 rings (SSSR count). The smallest absolute Gasteiger partial charge is 0.261 e. The van der Waals surface area contributed by atoms with Crippen molar-refractivity contribution in [3.63, 3.8) is 0 Å². The summed E-state index contributed by atoms with van der Waals surface area (Å²) >= 11 is 6.31. The highest BCUT2D eigenvalue weighted by atomic mass is 35.5. The molecular weight excluding hydrogens is 454 g/mol. The van der Waals surface area contributed by atoms with Crippen molar-refractivity contribution >= 4 is 35.2 Å². The molecule has 1 N–H and O–H groups in total. The van der Waals surface area contributed by atoms with Crippen molar-refractivity contribution < 1.29 is 19.2 Å². The minimum Gasteiger partial charge on any atom is -0.350 e. The van der Waals surface area contributed by atoms with Crippen molar-refractivity contribution in [2.75, 3.05) is 6.54 Å². The van der Waals surface area contributed by atoms with E-state index in [1.54, 1.807) is 43.3 Å². The zero-order valence-electron chi connectivity index (χ0n) is 19.9. The van der Waals surface area contributed by atoms with E-state index in [0.29, 0.717) is 16.1 Å². The van der Waals surface area contributed by atoms with Gasteiger partial charge in [-0.1, -0.05) is 41.9 Å². The van der Waals surface area contributed by atoms with Gasteiger partial charge >= 0.3 is 0 Å². The second kappa shape index (κ2) is 10.4. The van der Waals surface area contributed by atoms with E-state index in [-0.39, 0.29) is 49.6 Å². The second-order valence-electron chi connectivity index (χ2n) is 9.44. The maximum atomic E-state index is 13.2. The Hall–Kier alpha value is -3.19. The van der Waals surface area contributed by atoms with Gasteiger partial charge in [-0.05, 0) is 57.9 Å². The lowest BCUT2D eigenvalue weighted by Gasteiger charge is -2.32. The van der Waals surface area contributed by atoms with Crippen molar-refractivity contribution in [1.29, 1.82) is 0 Å². The van der Waals surface area contributed by atoms with Gasteiger partial charge in [-0.3, -0.25) is 24.1 Å². The molecule has 0 radical (unpaired) electrons. The van der Waals surface area contributed by atoms with Crippen LogP contribution in [0, 0.1) is 0 Å². The molecule has 7 nitrogen and oxygen atoms in total. The van der Waals surface area contributed by atoms with Gasteiger partial charge in [-0.15, -0.1) is 0 Å². The van der Waals surface area contributed by atoms with Crippen LogP contribution in [-0.2, 0) is 16.1 Å². The fraction of sp³-hybridized carbons (Fsp3) is 0.385. The van der Waals surface area contributed by atoms with Gasteiger partial charge in [-0.25, -0.2) is 0 Å². The zero-order valence-corrected chi connectivity index (χ0v) is 20.7. The molecule has 4 amide bonds. The zero-order chi connectivity index (χ0) is 25.0. The lowest BCUT2D eigenvalue weighted by Crippen LogP contribution is -2.52. The van der Waals surface area contributed by atoms with Crippen LogP contribution in [0.4, 0.5) is 0 Å². The molecule has 0 bridgehead atoms. The molecule has 0 saturated carbocycles. The molecular formula is C26H30ClN3O4. The number of nitrogens with one attached hydrogen (secondary N) is 1. The van der Waals surface area contributed by atoms with Crippen LogP contribution in [0.3, 0.4) is 0 Å². The van der Waals surface area contributed by atoms with Crippen molar-refractivity contribution in [2.24, 2.45) is 0 Å². The highest BCUT2D eigenvalue weighted by Gasteiger charge is 2.35. The number of nitrogens with zero attached hydrogens (tertiary/aromatic N) is 2. The van der Waals surface area contributed by atoms with E-state index >= 15 is 0 Å². The minimum absolute atomic E-state index is 0.0744. The highest BCUT2D eigenvalue weighted by Crippen LogP contribution is 2.23. The normalized spacial score (nSPS) is 14.1. The Morgan fingerprint density at radius 2 is 1.56 bits per heavy atom. The van der Waals surface area contributed by atoms with Crippen LogP contribution in [0.5, 0.6) is 0 Å². The lowest BCUT2D eigenvalue weighted by atomic mass is 10.1. The summed E-state index contributed by atoms with van der Waals surface area (Å²) in [7, 11) is 0. The summed E-state index contributed by atoms with van der Waals surface area (Å²) in [5, 5.41) is 3.42. The van der Waals surface area contributed by atoms with Crippen LogP contribution < -0.4 is 5.32 Å². The summed E-state index contributed by atoms with van der Waals surface area (Å²) in [5.74, 6) is -1.22. The Kier molecular flexibility index (Phi) is 7.77. The minimum atomic E-state index is -0.734. The first-order chi connectivity index (χ1) is 16.0. The standard InChI is InChI=1S/C26H30ClN3O4/c1-17(23(32)28-26(2,3)4)30(16-18-10-5-8-13-21(18)27)22(31)14-9-15-29-24(33)19-11-6-7-12-20(19)25(29)34/h5-8,10-13,17H,9,14-16H2,1-4H3,(H,28,32)/t17-/m0/s1. The first kappa shape index (κ1) is 25.4. The van der Waals surface area contributed by atoms with Crippen LogP contribution in [0.1, 0.15) is 66.8 Å². The number of amides is 4. The van der Waals surface area contributed by atoms with Crippen LogP contribution >= 0.6 is 11.6 Å². The average molecular weight is 484 g/mol. The summed E-state index contributed by atoms with van der Waals surface area (Å²) in [6.45, 7) is 7.60. The van der Waals surface area contributed by atoms with E-state index in [0.717, 1.165) is 5.56 Å². The third kappa shape index (κ3) is 5.83. The van der Waals surface area contributed by atoms with E-state index in [4.69, 9.17) is 11.6 Å². The molecule has 0 spiro atoms. The third-order valence-corrected chi connectivity index (χ3v) is 5.98. The number of hydrogen-bond donors (Lipinski definition) is 1. The maximum Gasteiger partial charge on any atom is 0.261 e. The summed E-state index contributed by atoms with van der Waals surface area (Å²) < 4.78 is 0. The SMILES string of the molecule is C[C@@H](C(=O)NC(C)(C)C)N(Cc1ccccc1Cl)C(=O)CCCN1C(=O)c2ccccc2C1=O. The molecule has 0 fully saturated rings. The first-order valence-electron chi connectivity index (χ1n) is 11.3. The van der Waals surface area contributed by atoms with Gasteiger partial charge in [0.05, 0.1) is 11.1 Å². The largest absolute Gasteiger partial charge is 0.350 e. The number of fused-ring (bicyclic) bond motifs is 1. The van der Waals surface area contributed by atoms with Gasteiger partial charge in [-0.2, -0.15) is 0 Å². The fourth-order valence-electron chi connectivity index (χ4n) is 3.84. The molecule has 2 aromatic carbocycles. The molecule has 0 aliphatic carbocycles. The maximum absolute atomic E-state index is 13.2. The fourth-order valence-corrected chi connectivity index (χ4v) is 4.04. The molecule has 1 atom stereocenters. The monoisotopic (exact) mass is 483 g/mol. The molecule has 34 heavy (non-hydrogen) atoms. The van der Waals surface area contributed by atoms with Crippen molar-refractivity contribution in [3.05, 3.63) is 70.2 Å². The van der Waals surface area contributed by atoms with Gasteiger partial charge < -0.3 is 10.2 Å². The van der Waals surface area contributed by atoms with Crippen LogP contribution in [0.2, 0.25) is 5.02 Å².